The molecule has 0 saturated carbocycles. The van der Waals surface area contributed by atoms with Gasteiger partial charge >= 0.3 is 0 Å². The topological polar surface area (TPSA) is 20.3 Å². The van der Waals surface area contributed by atoms with Crippen LogP contribution in [0, 0.1) is 0 Å². The summed E-state index contributed by atoms with van der Waals surface area (Å²) in [5.74, 6) is 1.33. The third kappa shape index (κ3) is 4.36. The van der Waals surface area contributed by atoms with Crippen LogP contribution >= 0.6 is 11.8 Å². The molecule has 0 unspecified atom stereocenters. The molecular weight excluding hydrogens is 194 g/mol. The highest BCUT2D eigenvalue weighted by Gasteiger charge is 2.13. The highest BCUT2D eigenvalue weighted by atomic mass is 32.2. The SMILES string of the molecule is CSCCC(=O)N1CCCCCCC1. The average molecular weight is 215 g/mol. The molecule has 0 aliphatic carbocycles. The number of likely N-dealkylation sites (tertiary alicyclic amines) is 1. The molecule has 1 aliphatic heterocycles. The van der Waals surface area contributed by atoms with E-state index >= 15 is 0 Å². The molecule has 0 radical (unpaired) electrons. The van der Waals surface area contributed by atoms with Gasteiger partial charge in [-0.15, -0.1) is 0 Å². The van der Waals surface area contributed by atoms with Crippen molar-refractivity contribution < 1.29 is 4.79 Å². The Balaban J connectivity index is 2.27. The summed E-state index contributed by atoms with van der Waals surface area (Å²) < 4.78 is 0. The molecule has 2 nitrogen and oxygen atoms in total. The van der Waals surface area contributed by atoms with Gasteiger partial charge in [-0.3, -0.25) is 4.79 Å². The molecule has 1 rings (SSSR count). The lowest BCUT2D eigenvalue weighted by Gasteiger charge is -2.24. The van der Waals surface area contributed by atoms with Gasteiger partial charge in [-0.05, 0) is 19.1 Å². The van der Waals surface area contributed by atoms with Crippen LogP contribution in [0.4, 0.5) is 0 Å². The first-order chi connectivity index (χ1) is 6.84. The average Bonchev–Trinajstić information content (AvgIpc) is 2.13. The van der Waals surface area contributed by atoms with Crippen LogP contribution in [0.5, 0.6) is 0 Å². The minimum Gasteiger partial charge on any atom is -0.343 e. The zero-order valence-electron chi connectivity index (χ0n) is 9.13. The normalized spacial score (nSPS) is 18.8. The molecule has 1 amide bonds. The summed E-state index contributed by atoms with van der Waals surface area (Å²) in [5.41, 5.74) is 0. The monoisotopic (exact) mass is 215 g/mol. The minimum absolute atomic E-state index is 0.362. The smallest absolute Gasteiger partial charge is 0.223 e. The lowest BCUT2D eigenvalue weighted by molar-refractivity contribution is -0.131. The predicted octanol–water partition coefficient (Wildman–Crippen LogP) is 2.53. The van der Waals surface area contributed by atoms with Crippen LogP contribution in [0.3, 0.4) is 0 Å². The molecule has 0 aromatic heterocycles. The summed E-state index contributed by atoms with van der Waals surface area (Å²) in [6.07, 6.45) is 9.13. The van der Waals surface area contributed by atoms with Gasteiger partial charge in [0, 0.05) is 25.3 Å². The van der Waals surface area contributed by atoms with E-state index in [-0.39, 0.29) is 0 Å². The molecule has 0 aromatic carbocycles. The van der Waals surface area contributed by atoms with Gasteiger partial charge < -0.3 is 4.90 Å². The molecule has 82 valence electrons. The molecule has 0 spiro atoms. The van der Waals surface area contributed by atoms with Crippen molar-refractivity contribution in [1.29, 1.82) is 0 Å². The van der Waals surface area contributed by atoms with E-state index in [0.29, 0.717) is 5.91 Å². The summed E-state index contributed by atoms with van der Waals surface area (Å²) in [6.45, 7) is 1.99. The molecule has 1 fully saturated rings. The van der Waals surface area contributed by atoms with Crippen LogP contribution in [0.2, 0.25) is 0 Å². The van der Waals surface area contributed by atoms with Gasteiger partial charge in [0.15, 0.2) is 0 Å². The van der Waals surface area contributed by atoms with E-state index in [1.165, 1.54) is 32.1 Å². The zero-order chi connectivity index (χ0) is 10.2. The third-order valence-electron chi connectivity index (χ3n) is 2.73. The van der Waals surface area contributed by atoms with Crippen molar-refractivity contribution in [2.45, 2.75) is 38.5 Å². The Morgan fingerprint density at radius 2 is 1.71 bits per heavy atom. The Labute approximate surface area is 91.4 Å². The third-order valence-corrected chi connectivity index (χ3v) is 3.34. The van der Waals surface area contributed by atoms with E-state index in [9.17, 15) is 4.79 Å². The highest BCUT2D eigenvalue weighted by Crippen LogP contribution is 2.11. The lowest BCUT2D eigenvalue weighted by Crippen LogP contribution is -2.33. The lowest BCUT2D eigenvalue weighted by atomic mass is 10.1. The van der Waals surface area contributed by atoms with Crippen molar-refractivity contribution in [2.75, 3.05) is 25.1 Å². The first-order valence-corrected chi connectivity index (χ1v) is 7.00. The number of rotatable bonds is 3. The first-order valence-electron chi connectivity index (χ1n) is 5.61. The number of carbonyl (C=O) groups excluding carboxylic acids is 1. The number of thioether (sulfide) groups is 1. The van der Waals surface area contributed by atoms with Crippen molar-refractivity contribution in [2.24, 2.45) is 0 Å². The molecule has 14 heavy (non-hydrogen) atoms. The molecular formula is C11H21NOS. The first kappa shape index (κ1) is 11.9. The maximum Gasteiger partial charge on any atom is 0.223 e. The van der Waals surface area contributed by atoms with Crippen molar-refractivity contribution in [3.63, 3.8) is 0 Å². The van der Waals surface area contributed by atoms with Gasteiger partial charge in [0.1, 0.15) is 0 Å². The number of nitrogens with zero attached hydrogens (tertiary/aromatic N) is 1. The standard InChI is InChI=1S/C11H21NOS/c1-14-10-7-11(13)12-8-5-3-2-4-6-9-12/h2-10H2,1H3. The van der Waals surface area contributed by atoms with Gasteiger partial charge in [0.2, 0.25) is 5.91 Å². The highest BCUT2D eigenvalue weighted by molar-refractivity contribution is 7.98. The summed E-state index contributed by atoms with van der Waals surface area (Å²) in [7, 11) is 0. The fourth-order valence-electron chi connectivity index (χ4n) is 1.84. The Kier molecular flexibility index (Phi) is 6.08. The van der Waals surface area contributed by atoms with Crippen LogP contribution in [0.25, 0.3) is 0 Å². The number of hydrogen-bond donors (Lipinski definition) is 0. The van der Waals surface area contributed by atoms with Crippen LogP contribution in [-0.2, 0) is 4.79 Å². The van der Waals surface area contributed by atoms with Crippen molar-refractivity contribution >= 4 is 17.7 Å². The van der Waals surface area contributed by atoms with Gasteiger partial charge in [-0.1, -0.05) is 19.3 Å². The van der Waals surface area contributed by atoms with Gasteiger partial charge in [-0.2, -0.15) is 11.8 Å². The Morgan fingerprint density at radius 3 is 2.29 bits per heavy atom. The molecule has 0 bridgehead atoms. The van der Waals surface area contributed by atoms with Crippen molar-refractivity contribution in [1.82, 2.24) is 4.90 Å². The Bertz CT molecular complexity index is 165. The summed E-state index contributed by atoms with van der Waals surface area (Å²) in [6, 6.07) is 0. The molecule has 1 saturated heterocycles. The number of carbonyl (C=O) groups is 1. The van der Waals surface area contributed by atoms with Gasteiger partial charge in [0.25, 0.3) is 0 Å². The van der Waals surface area contributed by atoms with E-state index in [0.717, 1.165) is 25.3 Å². The van der Waals surface area contributed by atoms with Crippen molar-refractivity contribution in [3.05, 3.63) is 0 Å². The molecule has 1 aliphatic rings. The molecule has 1 heterocycles. The molecule has 0 N–H and O–H groups in total. The van der Waals surface area contributed by atoms with E-state index < -0.39 is 0 Å². The largest absolute Gasteiger partial charge is 0.343 e. The summed E-state index contributed by atoms with van der Waals surface area (Å²) in [5, 5.41) is 0. The Morgan fingerprint density at radius 1 is 1.14 bits per heavy atom. The second kappa shape index (κ2) is 7.16. The molecule has 3 heteroatoms. The van der Waals surface area contributed by atoms with E-state index in [4.69, 9.17) is 0 Å². The van der Waals surface area contributed by atoms with Crippen LogP contribution in [0.1, 0.15) is 38.5 Å². The summed E-state index contributed by atoms with van der Waals surface area (Å²) in [4.78, 5) is 13.8. The quantitative estimate of drug-likeness (QED) is 0.721. The predicted molar refractivity (Wildman–Crippen MR) is 62.7 cm³/mol. The fraction of sp³-hybridized carbons (Fsp3) is 0.909. The second-order valence-corrected chi connectivity index (χ2v) is 4.88. The van der Waals surface area contributed by atoms with E-state index in [1.54, 1.807) is 11.8 Å². The number of hydrogen-bond acceptors (Lipinski definition) is 2. The minimum atomic E-state index is 0.362. The Hall–Kier alpha value is -0.180. The van der Waals surface area contributed by atoms with Gasteiger partial charge in [-0.25, -0.2) is 0 Å². The molecule has 0 aromatic rings. The maximum absolute atomic E-state index is 11.7. The van der Waals surface area contributed by atoms with Crippen LogP contribution in [0.15, 0.2) is 0 Å². The van der Waals surface area contributed by atoms with Crippen molar-refractivity contribution in [3.8, 4) is 0 Å². The number of amides is 1. The van der Waals surface area contributed by atoms with E-state index in [1.807, 2.05) is 0 Å². The fourth-order valence-corrected chi connectivity index (χ4v) is 2.22. The van der Waals surface area contributed by atoms with Crippen LogP contribution in [-0.4, -0.2) is 35.9 Å². The second-order valence-electron chi connectivity index (χ2n) is 3.89. The summed E-state index contributed by atoms with van der Waals surface area (Å²) >= 11 is 1.76. The zero-order valence-corrected chi connectivity index (χ0v) is 9.94. The van der Waals surface area contributed by atoms with Gasteiger partial charge in [0.05, 0.1) is 0 Å². The van der Waals surface area contributed by atoms with E-state index in [2.05, 4.69) is 11.2 Å². The van der Waals surface area contributed by atoms with Crippen LogP contribution < -0.4 is 0 Å². The molecule has 0 atom stereocenters. The maximum atomic E-state index is 11.7.